The van der Waals surface area contributed by atoms with E-state index in [2.05, 4.69) is 9.97 Å². The summed E-state index contributed by atoms with van der Waals surface area (Å²) in [7, 11) is 0. The van der Waals surface area contributed by atoms with Crippen LogP contribution in [0.25, 0.3) is 11.0 Å². The van der Waals surface area contributed by atoms with Gasteiger partial charge in [0.1, 0.15) is 0 Å². The molecule has 0 aliphatic rings. The maximum atomic E-state index is 12.4. The van der Waals surface area contributed by atoms with E-state index in [-0.39, 0.29) is 12.2 Å². The van der Waals surface area contributed by atoms with Crippen molar-refractivity contribution in [2.45, 2.75) is 6.42 Å². The third-order valence-corrected chi connectivity index (χ3v) is 4.03. The Bertz CT molecular complexity index is 833. The SMILES string of the molecule is O=C(Cc1cccc(Cl)c1Cl)c1ccc2nccnc2c1. The summed E-state index contributed by atoms with van der Waals surface area (Å²) in [6.45, 7) is 0. The molecule has 0 bridgehead atoms. The van der Waals surface area contributed by atoms with E-state index < -0.39 is 0 Å². The molecule has 2 aromatic carbocycles. The third-order valence-electron chi connectivity index (χ3n) is 3.17. The molecule has 3 nitrogen and oxygen atoms in total. The lowest BCUT2D eigenvalue weighted by atomic mass is 10.0. The molecule has 0 amide bonds. The Kier molecular flexibility index (Phi) is 3.86. The number of nitrogens with zero attached hydrogens (tertiary/aromatic N) is 2. The molecule has 0 aliphatic carbocycles. The first kappa shape index (κ1) is 14.0. The molecule has 0 fully saturated rings. The summed E-state index contributed by atoms with van der Waals surface area (Å²) < 4.78 is 0. The van der Waals surface area contributed by atoms with Gasteiger partial charge in [-0.05, 0) is 29.8 Å². The van der Waals surface area contributed by atoms with Crippen LogP contribution in [0.15, 0.2) is 48.8 Å². The minimum atomic E-state index is -0.0354. The molecule has 0 unspecified atom stereocenters. The van der Waals surface area contributed by atoms with E-state index in [1.807, 2.05) is 0 Å². The Balaban J connectivity index is 1.91. The lowest BCUT2D eigenvalue weighted by Gasteiger charge is -2.06. The van der Waals surface area contributed by atoms with Gasteiger partial charge >= 0.3 is 0 Å². The van der Waals surface area contributed by atoms with Crippen molar-refractivity contribution in [2.75, 3.05) is 0 Å². The molecule has 0 saturated heterocycles. The van der Waals surface area contributed by atoms with Crippen molar-refractivity contribution in [3.05, 3.63) is 70.0 Å². The molecule has 104 valence electrons. The lowest BCUT2D eigenvalue weighted by molar-refractivity contribution is 0.0993. The number of halogens is 2. The molecular formula is C16H10Cl2N2O. The van der Waals surface area contributed by atoms with Crippen LogP contribution < -0.4 is 0 Å². The van der Waals surface area contributed by atoms with Gasteiger partial charge in [-0.1, -0.05) is 35.3 Å². The van der Waals surface area contributed by atoms with Crippen LogP contribution in [0, 0.1) is 0 Å². The normalized spacial score (nSPS) is 10.8. The Hall–Kier alpha value is -1.97. The largest absolute Gasteiger partial charge is 0.294 e. The summed E-state index contributed by atoms with van der Waals surface area (Å²) in [5.41, 5.74) is 2.75. The molecule has 0 saturated carbocycles. The topological polar surface area (TPSA) is 42.9 Å². The average Bonchev–Trinajstić information content (AvgIpc) is 2.51. The number of ketones is 1. The second kappa shape index (κ2) is 5.80. The fourth-order valence-corrected chi connectivity index (χ4v) is 2.48. The van der Waals surface area contributed by atoms with Crippen molar-refractivity contribution in [1.29, 1.82) is 0 Å². The van der Waals surface area contributed by atoms with E-state index in [1.54, 1.807) is 48.8 Å². The molecule has 0 radical (unpaired) electrons. The number of hydrogen-bond acceptors (Lipinski definition) is 3. The highest BCUT2D eigenvalue weighted by Crippen LogP contribution is 2.26. The van der Waals surface area contributed by atoms with Crippen LogP contribution in [-0.2, 0) is 6.42 Å². The Morgan fingerprint density at radius 3 is 2.57 bits per heavy atom. The molecule has 21 heavy (non-hydrogen) atoms. The van der Waals surface area contributed by atoms with E-state index in [1.165, 1.54) is 0 Å². The summed E-state index contributed by atoms with van der Waals surface area (Å²) in [5, 5.41) is 0.874. The Labute approximate surface area is 131 Å². The highest BCUT2D eigenvalue weighted by molar-refractivity contribution is 6.42. The van der Waals surface area contributed by atoms with Gasteiger partial charge in [0.05, 0.1) is 21.1 Å². The quantitative estimate of drug-likeness (QED) is 0.674. The Morgan fingerprint density at radius 2 is 1.76 bits per heavy atom. The zero-order valence-electron chi connectivity index (χ0n) is 10.9. The van der Waals surface area contributed by atoms with Crippen molar-refractivity contribution in [2.24, 2.45) is 0 Å². The highest BCUT2D eigenvalue weighted by atomic mass is 35.5. The molecule has 0 aliphatic heterocycles. The van der Waals surface area contributed by atoms with Crippen LogP contribution in [0.3, 0.4) is 0 Å². The number of carbonyl (C=O) groups excluding carboxylic acids is 1. The van der Waals surface area contributed by atoms with Gasteiger partial charge in [0.2, 0.25) is 0 Å². The number of benzene rings is 2. The van der Waals surface area contributed by atoms with E-state index in [0.29, 0.717) is 26.7 Å². The average molecular weight is 317 g/mol. The van der Waals surface area contributed by atoms with Gasteiger partial charge in [0, 0.05) is 24.4 Å². The number of hydrogen-bond donors (Lipinski definition) is 0. The molecule has 0 N–H and O–H groups in total. The number of rotatable bonds is 3. The van der Waals surface area contributed by atoms with Gasteiger partial charge in [-0.15, -0.1) is 0 Å². The molecule has 1 aromatic heterocycles. The van der Waals surface area contributed by atoms with Crippen LogP contribution >= 0.6 is 23.2 Å². The van der Waals surface area contributed by atoms with Crippen LogP contribution in [0.1, 0.15) is 15.9 Å². The highest BCUT2D eigenvalue weighted by Gasteiger charge is 2.12. The predicted molar refractivity (Wildman–Crippen MR) is 84.0 cm³/mol. The molecule has 5 heteroatoms. The zero-order valence-corrected chi connectivity index (χ0v) is 12.4. The van der Waals surface area contributed by atoms with E-state index in [4.69, 9.17) is 23.2 Å². The van der Waals surface area contributed by atoms with Crippen molar-refractivity contribution in [3.8, 4) is 0 Å². The van der Waals surface area contributed by atoms with Crippen LogP contribution in [0.2, 0.25) is 10.0 Å². The standard InChI is InChI=1S/C16H10Cl2N2O/c17-12-3-1-2-11(16(12)18)9-15(21)10-4-5-13-14(8-10)20-7-6-19-13/h1-8H,9H2. The number of fused-ring (bicyclic) bond motifs is 1. The Morgan fingerprint density at radius 1 is 1.00 bits per heavy atom. The van der Waals surface area contributed by atoms with Crippen molar-refractivity contribution < 1.29 is 4.79 Å². The second-order valence-corrected chi connectivity index (χ2v) is 5.36. The molecule has 0 spiro atoms. The third kappa shape index (κ3) is 2.89. The maximum absolute atomic E-state index is 12.4. The van der Waals surface area contributed by atoms with Gasteiger partial charge in [-0.2, -0.15) is 0 Å². The van der Waals surface area contributed by atoms with Crippen molar-refractivity contribution in [3.63, 3.8) is 0 Å². The summed E-state index contributed by atoms with van der Waals surface area (Å²) >= 11 is 12.1. The maximum Gasteiger partial charge on any atom is 0.167 e. The van der Waals surface area contributed by atoms with Crippen molar-refractivity contribution >= 4 is 40.0 Å². The minimum absolute atomic E-state index is 0.0354. The summed E-state index contributed by atoms with van der Waals surface area (Å²) in [6, 6.07) is 10.6. The second-order valence-electron chi connectivity index (χ2n) is 4.57. The van der Waals surface area contributed by atoms with Crippen LogP contribution in [-0.4, -0.2) is 15.8 Å². The fraction of sp³-hybridized carbons (Fsp3) is 0.0625. The van der Waals surface area contributed by atoms with Gasteiger partial charge in [0.15, 0.2) is 5.78 Å². The molecule has 3 aromatic rings. The summed E-state index contributed by atoms with van der Waals surface area (Å²) in [5.74, 6) is -0.0354. The molecular weight excluding hydrogens is 307 g/mol. The fourth-order valence-electron chi connectivity index (χ4n) is 2.10. The lowest BCUT2D eigenvalue weighted by Crippen LogP contribution is -2.04. The van der Waals surface area contributed by atoms with Gasteiger partial charge in [-0.3, -0.25) is 14.8 Å². The smallest absolute Gasteiger partial charge is 0.167 e. The van der Waals surface area contributed by atoms with Crippen molar-refractivity contribution in [1.82, 2.24) is 9.97 Å². The number of carbonyl (C=O) groups is 1. The number of Topliss-reactive ketones (excluding diaryl/α,β-unsaturated/α-hetero) is 1. The van der Waals surface area contributed by atoms with E-state index in [9.17, 15) is 4.79 Å². The number of aromatic nitrogens is 2. The van der Waals surface area contributed by atoms with Gasteiger partial charge in [0.25, 0.3) is 0 Å². The van der Waals surface area contributed by atoms with Crippen LogP contribution in [0.4, 0.5) is 0 Å². The predicted octanol–water partition coefficient (Wildman–Crippen LogP) is 4.36. The van der Waals surface area contributed by atoms with Gasteiger partial charge < -0.3 is 0 Å². The zero-order chi connectivity index (χ0) is 14.8. The first-order valence-corrected chi connectivity index (χ1v) is 7.07. The van der Waals surface area contributed by atoms with Gasteiger partial charge in [-0.25, -0.2) is 0 Å². The first-order chi connectivity index (χ1) is 10.1. The molecule has 0 atom stereocenters. The van der Waals surface area contributed by atoms with E-state index in [0.717, 1.165) is 5.52 Å². The van der Waals surface area contributed by atoms with Crippen LogP contribution in [0.5, 0.6) is 0 Å². The monoisotopic (exact) mass is 316 g/mol. The first-order valence-electron chi connectivity index (χ1n) is 6.32. The summed E-state index contributed by atoms with van der Waals surface area (Å²) in [4.78, 5) is 20.8. The summed E-state index contributed by atoms with van der Waals surface area (Å²) in [6.07, 6.45) is 3.42. The molecule has 1 heterocycles. The van der Waals surface area contributed by atoms with E-state index >= 15 is 0 Å². The minimum Gasteiger partial charge on any atom is -0.294 e. The molecule has 3 rings (SSSR count).